The molecular weight excluding hydrogens is 436 g/mol. The number of nitriles is 1. The van der Waals surface area contributed by atoms with E-state index in [1.165, 1.54) is 12.7 Å². The Hall–Kier alpha value is -3.40. The topological polar surface area (TPSA) is 172 Å². The van der Waals surface area contributed by atoms with Crippen LogP contribution in [0.4, 0.5) is 5.82 Å². The number of ether oxygens (including phenoxy) is 1. The summed E-state index contributed by atoms with van der Waals surface area (Å²) in [5.74, 6) is 0.232. The summed E-state index contributed by atoms with van der Waals surface area (Å²) >= 11 is 0. The molecular formula is C23H28N8O3. The van der Waals surface area contributed by atoms with Gasteiger partial charge in [0.1, 0.15) is 30.2 Å². The van der Waals surface area contributed by atoms with E-state index in [1.807, 2.05) is 24.3 Å². The molecule has 0 amide bonds. The standard InChI is InChI=1S/C23H28N8O3/c24-8-2-10-30(9-1-3-15-4-6-16(11-25)7-5-15)12-17-19(32)20(33)23(34-17)31-14-29-18-21(26)27-13-28-22(18)31/h1,3-7,13-14,17,19-20,23,32-33H,2,8-10,12,24H2,(H2,26,27,28)/b3-1+/t17-,19-,20-,23-/m1/s1. The average molecular weight is 465 g/mol. The van der Waals surface area contributed by atoms with Gasteiger partial charge in [0.15, 0.2) is 17.7 Å². The second-order valence-electron chi connectivity index (χ2n) is 8.17. The number of imidazole rings is 1. The highest BCUT2D eigenvalue weighted by atomic mass is 16.6. The molecule has 4 atom stereocenters. The van der Waals surface area contributed by atoms with Gasteiger partial charge in [0.2, 0.25) is 0 Å². The van der Waals surface area contributed by atoms with Crippen LogP contribution >= 0.6 is 0 Å². The maximum absolute atomic E-state index is 10.7. The summed E-state index contributed by atoms with van der Waals surface area (Å²) < 4.78 is 7.64. The first-order valence-corrected chi connectivity index (χ1v) is 11.1. The van der Waals surface area contributed by atoms with Gasteiger partial charge in [-0.1, -0.05) is 24.3 Å². The van der Waals surface area contributed by atoms with E-state index in [1.54, 1.807) is 16.7 Å². The number of nitrogens with two attached hydrogens (primary N) is 2. The third-order valence-electron chi connectivity index (χ3n) is 5.83. The van der Waals surface area contributed by atoms with Gasteiger partial charge in [-0.15, -0.1) is 0 Å². The molecule has 0 spiro atoms. The number of aromatic nitrogens is 4. The van der Waals surface area contributed by atoms with E-state index in [0.717, 1.165) is 12.0 Å². The van der Waals surface area contributed by atoms with Crippen LogP contribution in [0, 0.1) is 11.3 Å². The molecule has 11 heteroatoms. The van der Waals surface area contributed by atoms with Crippen LogP contribution in [-0.2, 0) is 4.74 Å². The zero-order chi connectivity index (χ0) is 24.1. The third-order valence-corrected chi connectivity index (χ3v) is 5.83. The van der Waals surface area contributed by atoms with Crippen molar-refractivity contribution in [2.45, 2.75) is 31.0 Å². The molecule has 1 saturated heterocycles. The van der Waals surface area contributed by atoms with E-state index in [4.69, 9.17) is 21.5 Å². The van der Waals surface area contributed by atoms with Crippen molar-refractivity contribution in [3.05, 3.63) is 54.1 Å². The SMILES string of the molecule is N#Cc1ccc(/C=C/CN(CCCN)C[C@H]2O[C@@H](n3cnc4c(N)ncnc43)[C@H](O)[C@@H]2O)cc1. The van der Waals surface area contributed by atoms with E-state index >= 15 is 0 Å². The first kappa shape index (κ1) is 23.7. The van der Waals surface area contributed by atoms with Crippen LogP contribution < -0.4 is 11.5 Å². The molecule has 0 radical (unpaired) electrons. The van der Waals surface area contributed by atoms with Gasteiger partial charge in [-0.2, -0.15) is 5.26 Å². The summed E-state index contributed by atoms with van der Waals surface area (Å²) in [4.78, 5) is 14.5. The van der Waals surface area contributed by atoms with E-state index < -0.39 is 24.5 Å². The first-order valence-electron chi connectivity index (χ1n) is 11.1. The number of benzene rings is 1. The first-order chi connectivity index (χ1) is 16.5. The normalized spacial score (nSPS) is 22.7. The lowest BCUT2D eigenvalue weighted by Crippen LogP contribution is -2.40. The van der Waals surface area contributed by atoms with Gasteiger partial charge in [0.05, 0.1) is 18.0 Å². The number of fused-ring (bicyclic) bond motifs is 1. The number of nitrogens with zero attached hydrogens (tertiary/aromatic N) is 6. The highest BCUT2D eigenvalue weighted by molar-refractivity contribution is 5.81. The van der Waals surface area contributed by atoms with Gasteiger partial charge in [0, 0.05) is 13.1 Å². The van der Waals surface area contributed by atoms with Crippen LogP contribution in [0.2, 0.25) is 0 Å². The van der Waals surface area contributed by atoms with Crippen molar-refractivity contribution in [3.63, 3.8) is 0 Å². The Morgan fingerprint density at radius 2 is 1.97 bits per heavy atom. The molecule has 1 aromatic carbocycles. The van der Waals surface area contributed by atoms with Gasteiger partial charge in [0.25, 0.3) is 0 Å². The second-order valence-corrected chi connectivity index (χ2v) is 8.17. The Labute approximate surface area is 196 Å². The van der Waals surface area contributed by atoms with Crippen molar-refractivity contribution >= 4 is 23.1 Å². The van der Waals surface area contributed by atoms with Crippen molar-refractivity contribution in [3.8, 4) is 6.07 Å². The van der Waals surface area contributed by atoms with Crippen molar-refractivity contribution in [1.82, 2.24) is 24.4 Å². The van der Waals surface area contributed by atoms with E-state index in [0.29, 0.717) is 42.9 Å². The number of hydrogen-bond donors (Lipinski definition) is 4. The molecule has 34 heavy (non-hydrogen) atoms. The van der Waals surface area contributed by atoms with E-state index in [-0.39, 0.29) is 5.82 Å². The summed E-state index contributed by atoms with van der Waals surface area (Å²) in [6.45, 7) is 2.25. The molecule has 0 saturated carbocycles. The Kier molecular flexibility index (Phi) is 7.46. The molecule has 6 N–H and O–H groups in total. The predicted molar refractivity (Wildman–Crippen MR) is 126 cm³/mol. The molecule has 4 rings (SSSR count). The molecule has 1 fully saturated rings. The largest absolute Gasteiger partial charge is 0.387 e. The highest BCUT2D eigenvalue weighted by Crippen LogP contribution is 2.32. The molecule has 11 nitrogen and oxygen atoms in total. The number of nitrogen functional groups attached to an aromatic ring is 1. The predicted octanol–water partition coefficient (Wildman–Crippen LogP) is 0.264. The molecule has 3 heterocycles. The fraction of sp³-hybridized carbons (Fsp3) is 0.391. The van der Waals surface area contributed by atoms with Crippen LogP contribution in [0.5, 0.6) is 0 Å². The van der Waals surface area contributed by atoms with Gasteiger partial charge in [-0.05, 0) is 37.2 Å². The van der Waals surface area contributed by atoms with E-state index in [2.05, 4.69) is 25.9 Å². The lowest BCUT2D eigenvalue weighted by molar-refractivity contribution is -0.0432. The molecule has 2 aromatic heterocycles. The van der Waals surface area contributed by atoms with Gasteiger partial charge < -0.3 is 26.4 Å². The Balaban J connectivity index is 1.44. The molecule has 1 aliphatic rings. The quantitative estimate of drug-likeness (QED) is 0.344. The van der Waals surface area contributed by atoms with Crippen molar-refractivity contribution < 1.29 is 14.9 Å². The summed E-state index contributed by atoms with van der Waals surface area (Å²) in [5, 5.41) is 30.4. The molecule has 1 aliphatic heterocycles. The zero-order valence-electron chi connectivity index (χ0n) is 18.6. The van der Waals surface area contributed by atoms with Crippen molar-refractivity contribution in [2.75, 3.05) is 31.9 Å². The van der Waals surface area contributed by atoms with Crippen LogP contribution in [0.15, 0.2) is 43.0 Å². The number of rotatable bonds is 9. The fourth-order valence-corrected chi connectivity index (χ4v) is 4.00. The maximum atomic E-state index is 10.7. The number of hydrogen-bond acceptors (Lipinski definition) is 10. The summed E-state index contributed by atoms with van der Waals surface area (Å²) in [6.07, 6.45) is 3.82. The molecule has 0 unspecified atom stereocenters. The van der Waals surface area contributed by atoms with Crippen LogP contribution in [-0.4, -0.2) is 79.1 Å². The number of anilines is 1. The molecule has 3 aromatic rings. The molecule has 178 valence electrons. The Morgan fingerprint density at radius 3 is 2.71 bits per heavy atom. The number of aliphatic hydroxyl groups excluding tert-OH is 2. The second kappa shape index (κ2) is 10.7. The van der Waals surface area contributed by atoms with Crippen molar-refractivity contribution in [1.29, 1.82) is 5.26 Å². The zero-order valence-corrected chi connectivity index (χ0v) is 18.6. The maximum Gasteiger partial charge on any atom is 0.167 e. The van der Waals surface area contributed by atoms with Crippen LogP contribution in [0.3, 0.4) is 0 Å². The minimum Gasteiger partial charge on any atom is -0.387 e. The highest BCUT2D eigenvalue weighted by Gasteiger charge is 2.44. The van der Waals surface area contributed by atoms with Gasteiger partial charge in [-0.3, -0.25) is 9.47 Å². The lowest BCUT2D eigenvalue weighted by Gasteiger charge is -2.25. The lowest BCUT2D eigenvalue weighted by atomic mass is 10.1. The van der Waals surface area contributed by atoms with Gasteiger partial charge in [-0.25, -0.2) is 15.0 Å². The third kappa shape index (κ3) is 5.06. The Morgan fingerprint density at radius 1 is 1.18 bits per heavy atom. The minimum atomic E-state index is -1.16. The smallest absolute Gasteiger partial charge is 0.167 e. The summed E-state index contributed by atoms with van der Waals surface area (Å²) in [7, 11) is 0. The Bertz CT molecular complexity index is 1170. The minimum absolute atomic E-state index is 0.232. The number of aliphatic hydroxyl groups is 2. The fourth-order valence-electron chi connectivity index (χ4n) is 4.00. The average Bonchev–Trinajstić information content (AvgIpc) is 3.40. The summed E-state index contributed by atoms with van der Waals surface area (Å²) in [6, 6.07) is 9.42. The van der Waals surface area contributed by atoms with Crippen molar-refractivity contribution in [2.24, 2.45) is 5.73 Å². The molecule has 0 aliphatic carbocycles. The molecule has 0 bridgehead atoms. The monoisotopic (exact) mass is 464 g/mol. The van der Waals surface area contributed by atoms with Gasteiger partial charge >= 0.3 is 0 Å². The summed E-state index contributed by atoms with van der Waals surface area (Å²) in [5.41, 5.74) is 14.0. The van der Waals surface area contributed by atoms with Crippen LogP contribution in [0.1, 0.15) is 23.8 Å². The van der Waals surface area contributed by atoms with Crippen LogP contribution in [0.25, 0.3) is 17.2 Å². The van der Waals surface area contributed by atoms with E-state index in [9.17, 15) is 10.2 Å².